The van der Waals surface area contributed by atoms with Crippen LogP contribution in [0.15, 0.2) is 24.3 Å². The minimum atomic E-state index is 0.238. The molecule has 0 heterocycles. The van der Waals surface area contributed by atoms with Gasteiger partial charge in [-0.3, -0.25) is 0 Å². The molecular formula is C18H29NO. The molecule has 1 aliphatic rings. The fraction of sp³-hybridized carbons (Fsp3) is 0.667. The van der Waals surface area contributed by atoms with Crippen LogP contribution in [0.3, 0.4) is 0 Å². The van der Waals surface area contributed by atoms with Gasteiger partial charge in [0.2, 0.25) is 0 Å². The zero-order chi connectivity index (χ0) is 14.6. The van der Waals surface area contributed by atoms with E-state index >= 15 is 0 Å². The van der Waals surface area contributed by atoms with Crippen molar-refractivity contribution in [2.45, 2.75) is 72.1 Å². The van der Waals surface area contributed by atoms with Crippen molar-refractivity contribution >= 4 is 0 Å². The van der Waals surface area contributed by atoms with Gasteiger partial charge in [0.15, 0.2) is 0 Å². The fourth-order valence-corrected chi connectivity index (χ4v) is 3.07. The molecule has 1 fully saturated rings. The van der Waals surface area contributed by atoms with E-state index in [4.69, 9.17) is 4.74 Å². The lowest BCUT2D eigenvalue weighted by Crippen LogP contribution is -2.43. The molecule has 1 saturated carbocycles. The Hall–Kier alpha value is -1.02. The summed E-state index contributed by atoms with van der Waals surface area (Å²) in [5.74, 6) is 0.960. The summed E-state index contributed by atoms with van der Waals surface area (Å²) in [6, 6.07) is 9.12. The molecule has 1 unspecified atom stereocenters. The lowest BCUT2D eigenvalue weighted by Gasteiger charge is -2.39. The third-order valence-corrected chi connectivity index (χ3v) is 4.35. The summed E-state index contributed by atoms with van der Waals surface area (Å²) in [6.45, 7) is 9.85. The average Bonchev–Trinajstić information content (AvgIpc) is 2.38. The first-order valence-electron chi connectivity index (χ1n) is 7.96. The van der Waals surface area contributed by atoms with Gasteiger partial charge in [0.1, 0.15) is 5.75 Å². The van der Waals surface area contributed by atoms with Gasteiger partial charge in [-0.1, -0.05) is 38.8 Å². The van der Waals surface area contributed by atoms with E-state index in [1.54, 1.807) is 0 Å². The summed E-state index contributed by atoms with van der Waals surface area (Å²) in [5.41, 5.74) is 1.77. The third-order valence-electron chi connectivity index (χ3n) is 4.35. The first kappa shape index (κ1) is 15.4. The molecule has 1 aliphatic carbocycles. The Bertz CT molecular complexity index is 408. The normalized spacial score (nSPS) is 21.9. The minimum absolute atomic E-state index is 0.238. The molecule has 2 rings (SSSR count). The van der Waals surface area contributed by atoms with Crippen LogP contribution in [0.5, 0.6) is 5.75 Å². The SMILES string of the molecule is CC(C)Oc1ccc(CNC2CCCCC2(C)C)cc1. The molecule has 1 aromatic carbocycles. The largest absolute Gasteiger partial charge is 0.491 e. The van der Waals surface area contributed by atoms with E-state index < -0.39 is 0 Å². The van der Waals surface area contributed by atoms with Gasteiger partial charge in [-0.25, -0.2) is 0 Å². The van der Waals surface area contributed by atoms with E-state index in [0.29, 0.717) is 11.5 Å². The molecule has 0 radical (unpaired) electrons. The van der Waals surface area contributed by atoms with Gasteiger partial charge in [0.25, 0.3) is 0 Å². The Balaban J connectivity index is 1.87. The van der Waals surface area contributed by atoms with Crippen molar-refractivity contribution in [2.24, 2.45) is 5.41 Å². The van der Waals surface area contributed by atoms with Crippen LogP contribution in [0.25, 0.3) is 0 Å². The van der Waals surface area contributed by atoms with Crippen molar-refractivity contribution in [1.82, 2.24) is 5.32 Å². The van der Waals surface area contributed by atoms with Crippen molar-refractivity contribution in [3.63, 3.8) is 0 Å². The van der Waals surface area contributed by atoms with Crippen molar-refractivity contribution in [1.29, 1.82) is 0 Å². The topological polar surface area (TPSA) is 21.3 Å². The molecule has 0 bridgehead atoms. The molecule has 112 valence electrons. The lowest BCUT2D eigenvalue weighted by molar-refractivity contribution is 0.166. The maximum Gasteiger partial charge on any atom is 0.119 e. The second kappa shape index (κ2) is 6.62. The molecule has 1 atom stereocenters. The highest BCUT2D eigenvalue weighted by atomic mass is 16.5. The van der Waals surface area contributed by atoms with Crippen LogP contribution in [0.4, 0.5) is 0 Å². The van der Waals surface area contributed by atoms with E-state index in [0.717, 1.165) is 12.3 Å². The zero-order valence-electron chi connectivity index (χ0n) is 13.4. The highest BCUT2D eigenvalue weighted by Crippen LogP contribution is 2.35. The van der Waals surface area contributed by atoms with Crippen LogP contribution >= 0.6 is 0 Å². The van der Waals surface area contributed by atoms with E-state index in [-0.39, 0.29) is 6.10 Å². The molecule has 0 amide bonds. The highest BCUT2D eigenvalue weighted by molar-refractivity contribution is 5.27. The number of hydrogen-bond donors (Lipinski definition) is 1. The quantitative estimate of drug-likeness (QED) is 0.852. The first-order valence-corrected chi connectivity index (χ1v) is 7.96. The third kappa shape index (κ3) is 4.24. The molecule has 1 N–H and O–H groups in total. The van der Waals surface area contributed by atoms with Crippen LogP contribution in [0.2, 0.25) is 0 Å². The molecule has 0 aromatic heterocycles. The molecule has 2 nitrogen and oxygen atoms in total. The second-order valence-corrected chi connectivity index (χ2v) is 6.98. The van der Waals surface area contributed by atoms with Gasteiger partial charge in [0.05, 0.1) is 6.10 Å². The van der Waals surface area contributed by atoms with Crippen molar-refractivity contribution < 1.29 is 4.74 Å². The van der Waals surface area contributed by atoms with Crippen LogP contribution in [0.1, 0.15) is 58.9 Å². The number of nitrogens with one attached hydrogen (secondary N) is 1. The summed E-state index contributed by atoms with van der Waals surface area (Å²) < 4.78 is 5.68. The van der Waals surface area contributed by atoms with Gasteiger partial charge in [-0.2, -0.15) is 0 Å². The van der Waals surface area contributed by atoms with Gasteiger partial charge in [-0.05, 0) is 49.8 Å². The number of ether oxygens (including phenoxy) is 1. The predicted octanol–water partition coefficient (Wildman–Crippen LogP) is 4.53. The molecule has 1 aromatic rings. The van der Waals surface area contributed by atoms with Gasteiger partial charge >= 0.3 is 0 Å². The summed E-state index contributed by atoms with van der Waals surface area (Å²) in [5, 5.41) is 3.75. The zero-order valence-corrected chi connectivity index (χ0v) is 13.4. The van der Waals surface area contributed by atoms with Gasteiger partial charge in [0, 0.05) is 12.6 Å². The second-order valence-electron chi connectivity index (χ2n) is 6.98. The van der Waals surface area contributed by atoms with Crippen molar-refractivity contribution in [2.75, 3.05) is 0 Å². The van der Waals surface area contributed by atoms with E-state index in [1.807, 2.05) is 0 Å². The standard InChI is InChI=1S/C18H29NO/c1-14(2)20-16-10-8-15(9-11-16)13-19-17-7-5-6-12-18(17,3)4/h8-11,14,17,19H,5-7,12-13H2,1-4H3. The molecular weight excluding hydrogens is 246 g/mol. The van der Waals surface area contributed by atoms with Crippen molar-refractivity contribution in [3.05, 3.63) is 29.8 Å². The summed E-state index contributed by atoms with van der Waals surface area (Å²) in [4.78, 5) is 0. The monoisotopic (exact) mass is 275 g/mol. The van der Waals surface area contributed by atoms with Crippen LogP contribution in [-0.4, -0.2) is 12.1 Å². The highest BCUT2D eigenvalue weighted by Gasteiger charge is 2.31. The predicted molar refractivity (Wildman–Crippen MR) is 85.1 cm³/mol. The first-order chi connectivity index (χ1) is 9.47. The summed E-state index contributed by atoms with van der Waals surface area (Å²) in [7, 11) is 0. The Morgan fingerprint density at radius 3 is 2.50 bits per heavy atom. The maximum absolute atomic E-state index is 5.68. The fourth-order valence-electron chi connectivity index (χ4n) is 3.07. The minimum Gasteiger partial charge on any atom is -0.491 e. The van der Waals surface area contributed by atoms with Crippen LogP contribution < -0.4 is 10.1 Å². The van der Waals surface area contributed by atoms with Crippen LogP contribution in [0, 0.1) is 5.41 Å². The Morgan fingerprint density at radius 1 is 1.20 bits per heavy atom. The molecule has 0 saturated heterocycles. The Kier molecular flexibility index (Phi) is 5.09. The summed E-state index contributed by atoms with van der Waals surface area (Å²) in [6.07, 6.45) is 5.63. The molecule has 0 spiro atoms. The number of benzene rings is 1. The summed E-state index contributed by atoms with van der Waals surface area (Å²) >= 11 is 0. The molecule has 20 heavy (non-hydrogen) atoms. The van der Waals surface area contributed by atoms with Gasteiger partial charge in [-0.15, -0.1) is 0 Å². The van der Waals surface area contributed by atoms with Crippen molar-refractivity contribution in [3.8, 4) is 5.75 Å². The Labute approximate surface area is 123 Å². The van der Waals surface area contributed by atoms with E-state index in [2.05, 4.69) is 57.3 Å². The molecule has 2 heteroatoms. The Morgan fingerprint density at radius 2 is 1.90 bits per heavy atom. The van der Waals surface area contributed by atoms with E-state index in [1.165, 1.54) is 31.2 Å². The van der Waals surface area contributed by atoms with E-state index in [9.17, 15) is 0 Å². The number of rotatable bonds is 5. The smallest absolute Gasteiger partial charge is 0.119 e. The van der Waals surface area contributed by atoms with Gasteiger partial charge < -0.3 is 10.1 Å². The average molecular weight is 275 g/mol. The number of hydrogen-bond acceptors (Lipinski definition) is 2. The lowest BCUT2D eigenvalue weighted by atomic mass is 9.73. The maximum atomic E-state index is 5.68. The van der Waals surface area contributed by atoms with Crippen LogP contribution in [-0.2, 0) is 6.54 Å². The molecule has 0 aliphatic heterocycles.